The summed E-state index contributed by atoms with van der Waals surface area (Å²) < 4.78 is 23.9. The van der Waals surface area contributed by atoms with Crippen molar-refractivity contribution in [3.63, 3.8) is 0 Å². The van der Waals surface area contributed by atoms with Crippen LogP contribution >= 0.6 is 0 Å². The number of carbonyl (C=O) groups is 4. The zero-order chi connectivity index (χ0) is 53.9. The lowest BCUT2D eigenvalue weighted by atomic mass is 9.86. The van der Waals surface area contributed by atoms with Crippen molar-refractivity contribution in [3.8, 4) is 0 Å². The second-order valence-corrected chi connectivity index (χ2v) is 23.9. The molecule has 0 bridgehead atoms. The van der Waals surface area contributed by atoms with Gasteiger partial charge in [0.15, 0.2) is 0 Å². The first kappa shape index (κ1) is 69.8. The van der Waals surface area contributed by atoms with Gasteiger partial charge >= 0.3 is 23.9 Å². The lowest BCUT2D eigenvalue weighted by Crippen LogP contribution is -2.31. The van der Waals surface area contributed by atoms with Crippen LogP contribution in [0.1, 0.15) is 307 Å². The van der Waals surface area contributed by atoms with Gasteiger partial charge in [0.2, 0.25) is 0 Å². The summed E-state index contributed by atoms with van der Waals surface area (Å²) in [7, 11) is 3.90. The molecule has 0 aliphatic heterocycles. The van der Waals surface area contributed by atoms with E-state index in [4.69, 9.17) is 18.9 Å². The smallest absolute Gasteiger partial charge is 0.311 e. The van der Waals surface area contributed by atoms with Gasteiger partial charge in [0.1, 0.15) is 12.2 Å². The van der Waals surface area contributed by atoms with Gasteiger partial charge in [-0.3, -0.25) is 19.2 Å². The summed E-state index contributed by atoms with van der Waals surface area (Å²) in [5, 5.41) is 0. The zero-order valence-electron chi connectivity index (χ0n) is 49.9. The summed E-state index contributed by atoms with van der Waals surface area (Å²) >= 11 is 0. The SMILES string of the molecule is CCCCCCCCC(CCCCCC)OC(=O)C(C)(C)CCCCCCOC(=O)[C@@H](C)CC(CC(CC)CCCCCCC(C)(C)C(=O)OCCCC(CCCCC)CCCCC)OC(=O)CCN(C)C. The topological polar surface area (TPSA) is 108 Å². The van der Waals surface area contributed by atoms with E-state index in [1.807, 2.05) is 53.6 Å². The molecule has 0 radical (unpaired) electrons. The number of carbonyl (C=O) groups excluding carboxylic acids is 4. The van der Waals surface area contributed by atoms with Crippen LogP contribution < -0.4 is 0 Å². The minimum Gasteiger partial charge on any atom is -0.465 e. The molecule has 0 saturated carbocycles. The number of unbranched alkanes of at least 4 members (excludes halogenated alkanes) is 18. The number of ether oxygens (including phenoxy) is 4. The van der Waals surface area contributed by atoms with Crippen LogP contribution in [0.3, 0.4) is 0 Å². The summed E-state index contributed by atoms with van der Waals surface area (Å²) in [6, 6.07) is 0. The molecular weight excluding hydrogens is 899 g/mol. The number of rotatable bonds is 51. The lowest BCUT2D eigenvalue weighted by Gasteiger charge is -2.27. The Kier molecular flexibility index (Phi) is 43.7. The first-order chi connectivity index (χ1) is 34.5. The normalized spacial score (nSPS) is 13.8. The third-order valence-corrected chi connectivity index (χ3v) is 15.4. The molecule has 0 N–H and O–H groups in total. The van der Waals surface area contributed by atoms with Crippen molar-refractivity contribution in [1.29, 1.82) is 0 Å². The molecule has 0 spiro atoms. The maximum absolute atomic E-state index is 13.4. The molecule has 0 rings (SSSR count). The predicted octanol–water partition coefficient (Wildman–Crippen LogP) is 17.9. The van der Waals surface area contributed by atoms with Crippen molar-refractivity contribution in [3.05, 3.63) is 0 Å². The van der Waals surface area contributed by atoms with Gasteiger partial charge in [-0.05, 0) is 124 Å². The van der Waals surface area contributed by atoms with E-state index in [0.717, 1.165) is 128 Å². The van der Waals surface area contributed by atoms with Crippen LogP contribution in [0.4, 0.5) is 0 Å². The molecule has 9 nitrogen and oxygen atoms in total. The molecule has 0 amide bonds. The Labute approximate surface area is 446 Å². The molecule has 0 aromatic carbocycles. The number of nitrogens with zero attached hydrogens (tertiary/aromatic N) is 1. The molecule has 3 unspecified atom stereocenters. The first-order valence-corrected chi connectivity index (χ1v) is 30.8. The Morgan fingerprint density at radius 2 is 0.875 bits per heavy atom. The minimum atomic E-state index is -0.520. The molecule has 72 heavy (non-hydrogen) atoms. The van der Waals surface area contributed by atoms with Crippen LogP contribution in [0.5, 0.6) is 0 Å². The average molecular weight is 1020 g/mol. The Morgan fingerprint density at radius 3 is 1.43 bits per heavy atom. The molecule has 0 heterocycles. The van der Waals surface area contributed by atoms with Gasteiger partial charge in [-0.25, -0.2) is 0 Å². The van der Waals surface area contributed by atoms with Crippen molar-refractivity contribution in [2.24, 2.45) is 28.6 Å². The molecule has 0 aliphatic carbocycles. The summed E-state index contributed by atoms with van der Waals surface area (Å²) in [5.41, 5.74) is -0.997. The third-order valence-electron chi connectivity index (χ3n) is 15.4. The minimum absolute atomic E-state index is 0.0264. The van der Waals surface area contributed by atoms with E-state index in [9.17, 15) is 19.2 Å². The van der Waals surface area contributed by atoms with E-state index < -0.39 is 10.8 Å². The van der Waals surface area contributed by atoms with E-state index in [0.29, 0.717) is 38.5 Å². The van der Waals surface area contributed by atoms with E-state index in [1.54, 1.807) is 0 Å². The van der Waals surface area contributed by atoms with Crippen LogP contribution in [-0.4, -0.2) is 74.8 Å². The van der Waals surface area contributed by atoms with E-state index >= 15 is 0 Å². The monoisotopic (exact) mass is 1020 g/mol. The number of esters is 4. The summed E-state index contributed by atoms with van der Waals surface area (Å²) in [6.07, 6.45) is 39.4. The standard InChI is InChI=1S/C63H121NO8/c1-13-18-22-24-25-34-44-56(43-33-23-19-14-2)72-61(68)63(9,10)47-36-28-29-37-49-69-59(66)53(6)51-57(71-58(65)45-48-64(11)12)52-54(17-5)39-32-26-27-35-46-62(7,8)60(67)70-50-38-42-55(40-30-20-15-3)41-31-21-16-4/h53-57H,13-52H2,1-12H3/t53-,54?,56?,57?/m0/s1. The summed E-state index contributed by atoms with van der Waals surface area (Å²) in [6.45, 7) is 22.8. The van der Waals surface area contributed by atoms with Crippen molar-refractivity contribution in [2.45, 2.75) is 319 Å². The van der Waals surface area contributed by atoms with E-state index in [1.165, 1.54) is 103 Å². The average Bonchev–Trinajstić information content (AvgIpc) is 3.34. The quantitative estimate of drug-likeness (QED) is 0.0334. The van der Waals surface area contributed by atoms with Gasteiger partial charge in [-0.2, -0.15) is 0 Å². The Bertz CT molecular complexity index is 1300. The Balaban J connectivity index is 4.90. The highest BCUT2D eigenvalue weighted by Gasteiger charge is 2.32. The number of hydrogen-bond donors (Lipinski definition) is 0. The van der Waals surface area contributed by atoms with Crippen LogP contribution in [0.25, 0.3) is 0 Å². The van der Waals surface area contributed by atoms with Crippen LogP contribution in [0.2, 0.25) is 0 Å². The largest absolute Gasteiger partial charge is 0.465 e. The van der Waals surface area contributed by atoms with Gasteiger partial charge in [-0.1, -0.05) is 202 Å². The van der Waals surface area contributed by atoms with Gasteiger partial charge in [0.25, 0.3) is 0 Å². The molecule has 0 aliphatic rings. The maximum Gasteiger partial charge on any atom is 0.311 e. The molecule has 9 heteroatoms. The maximum atomic E-state index is 13.4. The summed E-state index contributed by atoms with van der Waals surface area (Å²) in [4.78, 5) is 54.7. The fourth-order valence-corrected chi connectivity index (χ4v) is 10.1. The summed E-state index contributed by atoms with van der Waals surface area (Å²) in [5.74, 6) is 0.193. The second kappa shape index (κ2) is 45.1. The van der Waals surface area contributed by atoms with Crippen LogP contribution in [0.15, 0.2) is 0 Å². The molecule has 0 fully saturated rings. The Hall–Kier alpha value is -2.16. The van der Waals surface area contributed by atoms with Gasteiger partial charge in [0.05, 0.1) is 36.4 Å². The molecule has 4 atom stereocenters. The van der Waals surface area contributed by atoms with E-state index in [-0.39, 0.29) is 42.0 Å². The fourth-order valence-electron chi connectivity index (χ4n) is 10.1. The van der Waals surface area contributed by atoms with Gasteiger partial charge in [-0.15, -0.1) is 0 Å². The van der Waals surface area contributed by atoms with Gasteiger partial charge < -0.3 is 23.8 Å². The van der Waals surface area contributed by atoms with Crippen molar-refractivity contribution in [2.75, 3.05) is 33.9 Å². The molecule has 0 aromatic rings. The fraction of sp³-hybridized carbons (Fsp3) is 0.937. The van der Waals surface area contributed by atoms with Crippen molar-refractivity contribution in [1.82, 2.24) is 4.90 Å². The molecule has 0 aromatic heterocycles. The van der Waals surface area contributed by atoms with Gasteiger partial charge in [0, 0.05) is 6.54 Å². The lowest BCUT2D eigenvalue weighted by molar-refractivity contribution is -0.161. The predicted molar refractivity (Wildman–Crippen MR) is 303 cm³/mol. The van der Waals surface area contributed by atoms with Crippen molar-refractivity contribution >= 4 is 23.9 Å². The highest BCUT2D eigenvalue weighted by Crippen LogP contribution is 2.31. The van der Waals surface area contributed by atoms with Crippen molar-refractivity contribution < 1.29 is 38.1 Å². The zero-order valence-corrected chi connectivity index (χ0v) is 49.9. The highest BCUT2D eigenvalue weighted by atomic mass is 16.6. The van der Waals surface area contributed by atoms with E-state index in [2.05, 4.69) is 34.6 Å². The first-order valence-electron chi connectivity index (χ1n) is 30.8. The molecule has 426 valence electrons. The number of hydrogen-bond acceptors (Lipinski definition) is 9. The third kappa shape index (κ3) is 38.4. The van der Waals surface area contributed by atoms with Crippen LogP contribution in [0, 0.1) is 28.6 Å². The van der Waals surface area contributed by atoms with Crippen LogP contribution in [-0.2, 0) is 38.1 Å². The second-order valence-electron chi connectivity index (χ2n) is 23.9. The molecule has 0 saturated heterocycles. The molecular formula is C63H121NO8. The highest BCUT2D eigenvalue weighted by molar-refractivity contribution is 5.76. The Morgan fingerprint density at radius 1 is 0.444 bits per heavy atom.